The maximum atomic E-state index is 14.8. The normalized spacial score (nSPS) is 23.9. The highest BCUT2D eigenvalue weighted by atomic mass is 31.0. The molecule has 0 aliphatic carbocycles. The molecule has 1 aromatic carbocycles. The van der Waals surface area contributed by atoms with Gasteiger partial charge in [-0.3, -0.25) is 4.79 Å². The van der Waals surface area contributed by atoms with Crippen molar-refractivity contribution in [3.63, 3.8) is 0 Å². The van der Waals surface area contributed by atoms with Crippen molar-refractivity contribution in [1.29, 1.82) is 0 Å². The molecule has 7 heteroatoms. The van der Waals surface area contributed by atoms with Gasteiger partial charge in [0, 0.05) is 19.2 Å². The Kier molecular flexibility index (Phi) is 8.07. The predicted octanol–water partition coefficient (Wildman–Crippen LogP) is 4.87. The van der Waals surface area contributed by atoms with Crippen molar-refractivity contribution in [2.24, 2.45) is 5.10 Å². The molecule has 2 unspecified atom stereocenters. The Morgan fingerprint density at radius 1 is 1.34 bits per heavy atom. The number of amides is 1. The van der Waals surface area contributed by atoms with E-state index in [1.54, 1.807) is 36.3 Å². The second kappa shape index (κ2) is 11.0. The molecular weight excluding hydrogens is 427 g/mol. The second-order valence-corrected chi connectivity index (χ2v) is 8.04. The van der Waals surface area contributed by atoms with E-state index in [1.165, 1.54) is 24.3 Å². The summed E-state index contributed by atoms with van der Waals surface area (Å²) in [6, 6.07) is 7.17. The smallest absolute Gasteiger partial charge is 0.277 e. The first-order valence-electron chi connectivity index (χ1n) is 10.3. The Labute approximate surface area is 189 Å². The van der Waals surface area contributed by atoms with Gasteiger partial charge in [-0.2, -0.15) is 5.10 Å². The van der Waals surface area contributed by atoms with E-state index >= 15 is 0 Å². The molecule has 3 rings (SSSR count). The summed E-state index contributed by atoms with van der Waals surface area (Å²) in [5, 5.41) is 6.45. The number of rotatable bonds is 6. The fraction of sp³-hybridized carbons (Fsp3) is 0.200. The van der Waals surface area contributed by atoms with Crippen LogP contribution >= 0.6 is 9.24 Å². The quantitative estimate of drug-likeness (QED) is 0.455. The van der Waals surface area contributed by atoms with Gasteiger partial charge >= 0.3 is 0 Å². The molecule has 0 bridgehead atoms. The number of halogens is 2. The molecule has 32 heavy (non-hydrogen) atoms. The Bertz CT molecular complexity index is 1070. The van der Waals surface area contributed by atoms with Crippen LogP contribution in [0.3, 0.4) is 0 Å². The molecule has 2 atom stereocenters. The van der Waals surface area contributed by atoms with Crippen LogP contribution in [-0.2, 0) is 11.3 Å². The fourth-order valence-electron chi connectivity index (χ4n) is 3.30. The zero-order valence-corrected chi connectivity index (χ0v) is 19.1. The minimum atomic E-state index is -0.598. The molecule has 1 aromatic rings. The molecule has 2 heterocycles. The van der Waals surface area contributed by atoms with Gasteiger partial charge in [0.2, 0.25) is 0 Å². The van der Waals surface area contributed by atoms with E-state index in [4.69, 9.17) is 0 Å². The Hall–Kier alpha value is -3.11. The summed E-state index contributed by atoms with van der Waals surface area (Å²) in [6.45, 7) is 5.40. The molecule has 2 aliphatic heterocycles. The first-order valence-corrected chi connectivity index (χ1v) is 10.8. The molecule has 0 fully saturated rings. The van der Waals surface area contributed by atoms with Gasteiger partial charge in [-0.1, -0.05) is 61.2 Å². The van der Waals surface area contributed by atoms with E-state index in [9.17, 15) is 13.6 Å². The predicted molar refractivity (Wildman–Crippen MR) is 129 cm³/mol. The van der Waals surface area contributed by atoms with Crippen molar-refractivity contribution in [2.75, 3.05) is 6.54 Å². The van der Waals surface area contributed by atoms with Crippen LogP contribution < -0.4 is 5.30 Å². The van der Waals surface area contributed by atoms with Gasteiger partial charge in [0.15, 0.2) is 0 Å². The van der Waals surface area contributed by atoms with Crippen molar-refractivity contribution in [1.82, 2.24) is 9.91 Å². The number of carbonyl (C=O) groups is 1. The molecule has 0 saturated carbocycles. The molecule has 1 amide bonds. The molecule has 2 aliphatic rings. The summed E-state index contributed by atoms with van der Waals surface area (Å²) in [5.41, 5.74) is 1.85. The van der Waals surface area contributed by atoms with E-state index in [2.05, 4.69) is 20.9 Å². The molecule has 0 spiro atoms. The summed E-state index contributed by atoms with van der Waals surface area (Å²) in [7, 11) is 2.68. The van der Waals surface area contributed by atoms with E-state index in [0.717, 1.165) is 15.9 Å². The lowest BCUT2D eigenvalue weighted by molar-refractivity contribution is -0.125. The molecule has 0 N–H and O–H groups in total. The first-order chi connectivity index (χ1) is 15.4. The lowest BCUT2D eigenvalue weighted by Gasteiger charge is -2.28. The highest BCUT2D eigenvalue weighted by Crippen LogP contribution is 2.24. The van der Waals surface area contributed by atoms with Crippen LogP contribution in [0.15, 0.2) is 102 Å². The maximum absolute atomic E-state index is 14.8. The van der Waals surface area contributed by atoms with Crippen LogP contribution in [0, 0.1) is 0 Å². The molecule has 166 valence electrons. The Balaban J connectivity index is 1.95. The van der Waals surface area contributed by atoms with Crippen LogP contribution in [-0.4, -0.2) is 34.1 Å². The van der Waals surface area contributed by atoms with Gasteiger partial charge in [-0.15, -0.1) is 9.24 Å². The topological polar surface area (TPSA) is 35.9 Å². The first kappa shape index (κ1) is 23.6. The van der Waals surface area contributed by atoms with E-state index in [-0.39, 0.29) is 12.4 Å². The van der Waals surface area contributed by atoms with Gasteiger partial charge < -0.3 is 4.90 Å². The summed E-state index contributed by atoms with van der Waals surface area (Å²) in [5.74, 6) is -1.23. The number of benzene rings is 1. The number of fused-ring (bicyclic) bond motifs is 1. The lowest BCUT2D eigenvalue weighted by Crippen LogP contribution is -2.32. The van der Waals surface area contributed by atoms with E-state index in [0.29, 0.717) is 24.3 Å². The third kappa shape index (κ3) is 5.77. The number of hydrogen-bond acceptors (Lipinski definition) is 3. The highest BCUT2D eigenvalue weighted by molar-refractivity contribution is 7.27. The average molecular weight is 453 g/mol. The van der Waals surface area contributed by atoms with Crippen LogP contribution in [0.4, 0.5) is 8.78 Å². The number of hydrazone groups is 1. The van der Waals surface area contributed by atoms with E-state index in [1.807, 2.05) is 24.3 Å². The number of hydrogen-bond donors (Lipinski definition) is 0. The highest BCUT2D eigenvalue weighted by Gasteiger charge is 2.32. The zero-order valence-electron chi connectivity index (χ0n) is 17.9. The van der Waals surface area contributed by atoms with Crippen molar-refractivity contribution in [3.8, 4) is 0 Å². The summed E-state index contributed by atoms with van der Waals surface area (Å²) < 4.78 is 29.0. The van der Waals surface area contributed by atoms with Crippen molar-refractivity contribution in [3.05, 3.63) is 102 Å². The van der Waals surface area contributed by atoms with Gasteiger partial charge in [0.1, 0.15) is 11.7 Å². The maximum Gasteiger partial charge on any atom is 0.277 e. The standard InChI is InChI=1S/C25H26F2N3OP/c1-3-4-5-11-20(26)16-30-25(31)21-17-29(15-19-10-6-9-14-24(19)32)18(2)22(27)12-7-8-13-23(21)28-30/h3-12,14,17-18H,1,13,15-16,32H2,2H3/b5-4-,8-7-,20-11+,21-17+,22-12+. The second-order valence-electron chi connectivity index (χ2n) is 7.42. The van der Waals surface area contributed by atoms with Crippen LogP contribution in [0.5, 0.6) is 0 Å². The number of allylic oxidation sites excluding steroid dienone is 7. The van der Waals surface area contributed by atoms with Gasteiger partial charge in [0.25, 0.3) is 5.91 Å². The average Bonchev–Trinajstić information content (AvgIpc) is 3.05. The fourth-order valence-corrected chi connectivity index (χ4v) is 3.60. The Morgan fingerprint density at radius 2 is 2.12 bits per heavy atom. The van der Waals surface area contributed by atoms with Crippen LogP contribution in [0.1, 0.15) is 18.9 Å². The van der Waals surface area contributed by atoms with Crippen molar-refractivity contribution < 1.29 is 13.6 Å². The lowest BCUT2D eigenvalue weighted by atomic mass is 10.1. The summed E-state index contributed by atoms with van der Waals surface area (Å²) >= 11 is 0. The minimum Gasteiger partial charge on any atom is -0.363 e. The SMILES string of the molecule is C=C/C=C\C=C(\F)CN1N=C2C/C=C\C=C(\F)C(C)N(Cc3ccccc3P)/C=C\2C1=O. The van der Waals surface area contributed by atoms with Crippen molar-refractivity contribution >= 4 is 26.2 Å². The molecule has 0 aromatic heterocycles. The minimum absolute atomic E-state index is 0.276. The molecule has 0 radical (unpaired) electrons. The van der Waals surface area contributed by atoms with E-state index < -0.39 is 17.8 Å². The molecule has 4 nitrogen and oxygen atoms in total. The summed E-state index contributed by atoms with van der Waals surface area (Å²) in [4.78, 5) is 14.9. The number of nitrogens with zero attached hydrogens (tertiary/aromatic N) is 3. The largest absolute Gasteiger partial charge is 0.363 e. The van der Waals surface area contributed by atoms with Crippen molar-refractivity contribution in [2.45, 2.75) is 25.9 Å². The molecule has 0 saturated heterocycles. The van der Waals surface area contributed by atoms with Gasteiger partial charge in [-0.05, 0) is 29.9 Å². The monoisotopic (exact) mass is 453 g/mol. The number of carbonyl (C=O) groups excluding carboxylic acids is 1. The third-order valence-electron chi connectivity index (χ3n) is 5.14. The van der Waals surface area contributed by atoms with Gasteiger partial charge in [-0.25, -0.2) is 13.8 Å². The molecular formula is C25H26F2N3OP. The van der Waals surface area contributed by atoms with Crippen LogP contribution in [0.2, 0.25) is 0 Å². The van der Waals surface area contributed by atoms with Gasteiger partial charge in [0.05, 0.1) is 23.9 Å². The summed E-state index contributed by atoms with van der Waals surface area (Å²) in [6.07, 6.45) is 12.7. The Morgan fingerprint density at radius 3 is 2.88 bits per heavy atom. The zero-order chi connectivity index (χ0) is 23.1. The van der Waals surface area contributed by atoms with Crippen LogP contribution in [0.25, 0.3) is 0 Å². The third-order valence-corrected chi connectivity index (χ3v) is 5.71.